The van der Waals surface area contributed by atoms with E-state index in [-0.39, 0.29) is 0 Å². The maximum Gasteiger partial charge on any atom is 0.127 e. The number of phenols is 1. The molecule has 0 unspecified atom stereocenters. The molecule has 0 radical (unpaired) electrons. The minimum absolute atomic E-state index is 0.298. The highest BCUT2D eigenvalue weighted by atomic mass is 16.3. The van der Waals surface area contributed by atoms with Crippen molar-refractivity contribution in [3.8, 4) is 5.75 Å². The van der Waals surface area contributed by atoms with Crippen LogP contribution in [0.2, 0.25) is 0 Å². The Hall–Kier alpha value is -2.03. The van der Waals surface area contributed by atoms with Crippen LogP contribution >= 0.6 is 0 Å². The Morgan fingerprint density at radius 3 is 2.28 bits per heavy atom. The molecule has 0 saturated heterocycles. The molecule has 1 heterocycles. The number of aryl methyl sites for hydroxylation is 4. The van der Waals surface area contributed by atoms with Crippen molar-refractivity contribution >= 4 is 6.21 Å². The third-order valence-corrected chi connectivity index (χ3v) is 3.02. The van der Waals surface area contributed by atoms with Gasteiger partial charge in [0.1, 0.15) is 5.75 Å². The van der Waals surface area contributed by atoms with Gasteiger partial charge in [0.05, 0.1) is 6.21 Å². The molecule has 94 valence electrons. The minimum Gasteiger partial charge on any atom is -0.507 e. The van der Waals surface area contributed by atoms with Crippen LogP contribution in [0.1, 0.15) is 28.1 Å². The van der Waals surface area contributed by atoms with Gasteiger partial charge in [0, 0.05) is 17.0 Å². The zero-order chi connectivity index (χ0) is 13.3. The van der Waals surface area contributed by atoms with Gasteiger partial charge >= 0.3 is 0 Å². The summed E-state index contributed by atoms with van der Waals surface area (Å²) in [5.41, 5.74) is 4.89. The monoisotopic (exact) mass is 242 g/mol. The SMILES string of the molecule is Cc1cc(C)c(O)c(C=Nn2c(C)ccc2C)c1. The first-order valence-corrected chi connectivity index (χ1v) is 5.98. The van der Waals surface area contributed by atoms with Gasteiger partial charge in [-0.15, -0.1) is 0 Å². The molecule has 0 aliphatic carbocycles. The maximum atomic E-state index is 9.99. The van der Waals surface area contributed by atoms with E-state index in [2.05, 4.69) is 5.10 Å². The number of nitrogens with zero attached hydrogens (tertiary/aromatic N) is 2. The summed E-state index contributed by atoms with van der Waals surface area (Å²) in [5, 5.41) is 14.4. The average molecular weight is 242 g/mol. The zero-order valence-electron chi connectivity index (χ0n) is 11.2. The normalized spacial score (nSPS) is 11.3. The van der Waals surface area contributed by atoms with Crippen LogP contribution in [0, 0.1) is 27.7 Å². The molecule has 0 amide bonds. The molecule has 0 aliphatic rings. The van der Waals surface area contributed by atoms with Crippen molar-refractivity contribution in [2.24, 2.45) is 5.10 Å². The van der Waals surface area contributed by atoms with Crippen molar-refractivity contribution in [3.05, 3.63) is 52.3 Å². The highest BCUT2D eigenvalue weighted by Crippen LogP contribution is 2.22. The standard InChI is InChI=1S/C15H18N2O/c1-10-7-11(2)15(18)14(8-10)9-16-17-12(3)5-6-13(17)4/h5-9,18H,1-4H3. The Morgan fingerprint density at radius 2 is 1.67 bits per heavy atom. The van der Waals surface area contributed by atoms with Crippen LogP contribution in [0.3, 0.4) is 0 Å². The van der Waals surface area contributed by atoms with Crippen LogP contribution in [-0.2, 0) is 0 Å². The van der Waals surface area contributed by atoms with E-state index in [1.165, 1.54) is 0 Å². The van der Waals surface area contributed by atoms with E-state index in [1.54, 1.807) is 6.21 Å². The summed E-state index contributed by atoms with van der Waals surface area (Å²) in [6.45, 7) is 7.92. The van der Waals surface area contributed by atoms with Gasteiger partial charge < -0.3 is 5.11 Å². The molecular formula is C15H18N2O. The highest BCUT2D eigenvalue weighted by molar-refractivity contribution is 5.84. The Morgan fingerprint density at radius 1 is 1.06 bits per heavy atom. The number of rotatable bonds is 2. The summed E-state index contributed by atoms with van der Waals surface area (Å²) < 4.78 is 1.86. The maximum absolute atomic E-state index is 9.99. The summed E-state index contributed by atoms with van der Waals surface area (Å²) in [5.74, 6) is 0.298. The van der Waals surface area contributed by atoms with E-state index in [4.69, 9.17) is 0 Å². The molecule has 2 aromatic rings. The molecule has 1 aromatic heterocycles. The smallest absolute Gasteiger partial charge is 0.127 e. The van der Waals surface area contributed by atoms with Crippen LogP contribution in [-0.4, -0.2) is 16.0 Å². The van der Waals surface area contributed by atoms with E-state index in [0.29, 0.717) is 5.75 Å². The highest BCUT2D eigenvalue weighted by Gasteiger charge is 2.04. The molecule has 0 aliphatic heterocycles. The van der Waals surface area contributed by atoms with Crippen LogP contribution in [0.5, 0.6) is 5.75 Å². The molecule has 1 N–H and O–H groups in total. The van der Waals surface area contributed by atoms with Crippen LogP contribution < -0.4 is 0 Å². The van der Waals surface area contributed by atoms with Crippen molar-refractivity contribution < 1.29 is 5.11 Å². The van der Waals surface area contributed by atoms with Gasteiger partial charge in [-0.05, 0) is 57.0 Å². The Bertz CT molecular complexity index is 590. The lowest BCUT2D eigenvalue weighted by atomic mass is 10.1. The summed E-state index contributed by atoms with van der Waals surface area (Å²) in [6, 6.07) is 7.93. The quantitative estimate of drug-likeness (QED) is 0.806. The van der Waals surface area contributed by atoms with E-state index in [1.807, 2.05) is 56.6 Å². The van der Waals surface area contributed by atoms with Crippen molar-refractivity contribution in [3.63, 3.8) is 0 Å². The molecule has 1 aromatic carbocycles. The van der Waals surface area contributed by atoms with E-state index in [9.17, 15) is 5.11 Å². The first kappa shape index (κ1) is 12.4. The van der Waals surface area contributed by atoms with Gasteiger partial charge in [0.2, 0.25) is 0 Å². The second kappa shape index (κ2) is 4.69. The molecule has 2 rings (SSSR count). The number of hydrogen-bond donors (Lipinski definition) is 1. The molecule has 3 nitrogen and oxygen atoms in total. The van der Waals surface area contributed by atoms with Crippen molar-refractivity contribution in [1.29, 1.82) is 0 Å². The predicted molar refractivity (Wildman–Crippen MR) is 74.5 cm³/mol. The molecule has 18 heavy (non-hydrogen) atoms. The van der Waals surface area contributed by atoms with Gasteiger partial charge in [-0.25, -0.2) is 4.68 Å². The lowest BCUT2D eigenvalue weighted by molar-refractivity contribution is 0.470. The molecule has 0 spiro atoms. The van der Waals surface area contributed by atoms with Crippen molar-refractivity contribution in [1.82, 2.24) is 4.68 Å². The lowest BCUT2D eigenvalue weighted by Gasteiger charge is -2.06. The zero-order valence-corrected chi connectivity index (χ0v) is 11.2. The topological polar surface area (TPSA) is 37.5 Å². The number of aromatic nitrogens is 1. The molecule has 3 heteroatoms. The summed E-state index contributed by atoms with van der Waals surface area (Å²) >= 11 is 0. The molecule has 0 saturated carbocycles. The number of benzene rings is 1. The molecular weight excluding hydrogens is 224 g/mol. The molecule has 0 bridgehead atoms. The van der Waals surface area contributed by atoms with Crippen LogP contribution in [0.4, 0.5) is 0 Å². The van der Waals surface area contributed by atoms with Gasteiger partial charge in [0.25, 0.3) is 0 Å². The fourth-order valence-corrected chi connectivity index (χ4v) is 2.05. The second-order valence-electron chi connectivity index (χ2n) is 4.69. The van der Waals surface area contributed by atoms with Gasteiger partial charge in [0.15, 0.2) is 0 Å². The van der Waals surface area contributed by atoms with Crippen LogP contribution in [0.25, 0.3) is 0 Å². The lowest BCUT2D eigenvalue weighted by Crippen LogP contribution is -1.96. The van der Waals surface area contributed by atoms with Gasteiger partial charge in [-0.3, -0.25) is 0 Å². The Labute approximate surface area is 107 Å². The third-order valence-electron chi connectivity index (χ3n) is 3.02. The Kier molecular flexibility index (Phi) is 3.24. The third kappa shape index (κ3) is 2.30. The molecule has 0 fully saturated rings. The fraction of sp³-hybridized carbons (Fsp3) is 0.267. The predicted octanol–water partition coefficient (Wildman–Crippen LogP) is 3.31. The van der Waals surface area contributed by atoms with E-state index >= 15 is 0 Å². The van der Waals surface area contributed by atoms with Crippen molar-refractivity contribution in [2.75, 3.05) is 0 Å². The van der Waals surface area contributed by atoms with E-state index < -0.39 is 0 Å². The number of phenolic OH excluding ortho intramolecular Hbond substituents is 1. The summed E-state index contributed by atoms with van der Waals surface area (Å²) in [6.07, 6.45) is 1.70. The largest absolute Gasteiger partial charge is 0.507 e. The molecule has 0 atom stereocenters. The average Bonchev–Trinajstić information content (AvgIpc) is 2.62. The van der Waals surface area contributed by atoms with Gasteiger partial charge in [-0.2, -0.15) is 5.10 Å². The minimum atomic E-state index is 0.298. The van der Waals surface area contributed by atoms with Gasteiger partial charge in [-0.1, -0.05) is 6.07 Å². The summed E-state index contributed by atoms with van der Waals surface area (Å²) in [4.78, 5) is 0. The second-order valence-corrected chi connectivity index (χ2v) is 4.69. The van der Waals surface area contributed by atoms with E-state index in [0.717, 1.165) is 28.1 Å². The summed E-state index contributed by atoms with van der Waals surface area (Å²) in [7, 11) is 0. The first-order chi connectivity index (χ1) is 8.49. The Balaban J connectivity index is 2.41. The van der Waals surface area contributed by atoms with Crippen LogP contribution in [0.15, 0.2) is 29.4 Å². The number of hydrogen-bond acceptors (Lipinski definition) is 2. The van der Waals surface area contributed by atoms with Crippen molar-refractivity contribution in [2.45, 2.75) is 27.7 Å². The number of aromatic hydroxyl groups is 1. The first-order valence-electron chi connectivity index (χ1n) is 5.98. The fourth-order valence-electron chi connectivity index (χ4n) is 2.05.